The van der Waals surface area contributed by atoms with Crippen molar-refractivity contribution in [1.29, 1.82) is 0 Å². The van der Waals surface area contributed by atoms with Gasteiger partial charge in [-0.3, -0.25) is 14.3 Å². The third-order valence-electron chi connectivity index (χ3n) is 4.61. The van der Waals surface area contributed by atoms with Crippen LogP contribution in [0, 0.1) is 0 Å². The average molecular weight is 329 g/mol. The maximum atomic E-state index is 12.9. The molecule has 8 nitrogen and oxygen atoms in total. The summed E-state index contributed by atoms with van der Waals surface area (Å²) in [5, 5.41) is 4.06. The fraction of sp³-hybridized carbons (Fsp3) is 0.500. The van der Waals surface area contributed by atoms with E-state index in [4.69, 9.17) is 4.74 Å². The normalized spacial score (nSPS) is 21.0. The van der Waals surface area contributed by atoms with Crippen molar-refractivity contribution in [2.75, 3.05) is 19.8 Å². The molecule has 1 saturated carbocycles. The minimum absolute atomic E-state index is 0.161. The highest BCUT2D eigenvalue weighted by atomic mass is 16.5. The van der Waals surface area contributed by atoms with Crippen molar-refractivity contribution >= 4 is 5.91 Å². The van der Waals surface area contributed by atoms with E-state index < -0.39 is 0 Å². The van der Waals surface area contributed by atoms with Crippen molar-refractivity contribution in [2.24, 2.45) is 7.05 Å². The SMILES string of the molecule is Cn1ncnc1C1COCCN1C(=O)c1ccc(C2CC2)[nH]c1=O. The Morgan fingerprint density at radius 2 is 2.21 bits per heavy atom. The van der Waals surface area contributed by atoms with Crippen LogP contribution in [0.4, 0.5) is 0 Å². The minimum atomic E-state index is -0.346. The van der Waals surface area contributed by atoms with Gasteiger partial charge in [0.25, 0.3) is 11.5 Å². The van der Waals surface area contributed by atoms with E-state index in [9.17, 15) is 9.59 Å². The Morgan fingerprint density at radius 1 is 1.38 bits per heavy atom. The van der Waals surface area contributed by atoms with Crippen LogP contribution in [0.15, 0.2) is 23.3 Å². The van der Waals surface area contributed by atoms with Crippen LogP contribution < -0.4 is 5.56 Å². The molecule has 0 aromatic carbocycles. The molecule has 4 rings (SSSR count). The van der Waals surface area contributed by atoms with Gasteiger partial charge in [0.15, 0.2) is 5.82 Å². The number of nitrogens with zero attached hydrogens (tertiary/aromatic N) is 4. The first kappa shape index (κ1) is 15.1. The topological polar surface area (TPSA) is 93.1 Å². The first-order valence-electron chi connectivity index (χ1n) is 8.11. The Hall–Kier alpha value is -2.48. The summed E-state index contributed by atoms with van der Waals surface area (Å²) >= 11 is 0. The summed E-state index contributed by atoms with van der Waals surface area (Å²) in [5.41, 5.74) is 0.754. The number of rotatable bonds is 3. The number of aryl methyl sites for hydroxylation is 1. The maximum Gasteiger partial charge on any atom is 0.261 e. The molecule has 24 heavy (non-hydrogen) atoms. The zero-order chi connectivity index (χ0) is 16.7. The van der Waals surface area contributed by atoms with Crippen LogP contribution in [-0.2, 0) is 11.8 Å². The van der Waals surface area contributed by atoms with Gasteiger partial charge in [0.1, 0.15) is 17.9 Å². The molecule has 126 valence electrons. The lowest BCUT2D eigenvalue weighted by Gasteiger charge is -2.34. The summed E-state index contributed by atoms with van der Waals surface area (Å²) in [4.78, 5) is 34.0. The molecule has 1 N–H and O–H groups in total. The molecule has 2 fully saturated rings. The number of morpholine rings is 1. The summed E-state index contributed by atoms with van der Waals surface area (Å²) in [7, 11) is 1.77. The van der Waals surface area contributed by atoms with Gasteiger partial charge in [-0.15, -0.1) is 0 Å². The molecule has 1 atom stereocenters. The summed E-state index contributed by atoms with van der Waals surface area (Å²) in [6.45, 7) is 1.20. The number of carbonyl (C=O) groups excluding carboxylic acids is 1. The Labute approximate surface area is 138 Å². The molecular weight excluding hydrogens is 310 g/mol. The van der Waals surface area contributed by atoms with Gasteiger partial charge in [-0.2, -0.15) is 5.10 Å². The molecule has 1 aliphatic carbocycles. The molecule has 0 radical (unpaired) electrons. The Kier molecular flexibility index (Phi) is 3.68. The van der Waals surface area contributed by atoms with E-state index in [-0.39, 0.29) is 23.1 Å². The van der Waals surface area contributed by atoms with Gasteiger partial charge in [-0.05, 0) is 30.9 Å². The Morgan fingerprint density at radius 3 is 2.88 bits per heavy atom. The summed E-state index contributed by atoms with van der Waals surface area (Å²) < 4.78 is 7.13. The fourth-order valence-corrected chi connectivity index (χ4v) is 3.11. The second-order valence-electron chi connectivity index (χ2n) is 6.26. The molecule has 0 bridgehead atoms. The van der Waals surface area contributed by atoms with E-state index in [1.807, 2.05) is 6.07 Å². The lowest BCUT2D eigenvalue weighted by Crippen LogP contribution is -2.45. The first-order chi connectivity index (χ1) is 11.6. The largest absolute Gasteiger partial charge is 0.377 e. The molecular formula is C16H19N5O3. The number of carbonyl (C=O) groups is 1. The number of aromatic amines is 1. The predicted molar refractivity (Wildman–Crippen MR) is 84.6 cm³/mol. The molecule has 1 amide bonds. The predicted octanol–water partition coefficient (Wildman–Crippen LogP) is 0.594. The quantitative estimate of drug-likeness (QED) is 0.890. The van der Waals surface area contributed by atoms with E-state index in [1.165, 1.54) is 6.33 Å². The molecule has 1 saturated heterocycles. The third kappa shape index (κ3) is 2.62. The zero-order valence-corrected chi connectivity index (χ0v) is 13.4. The van der Waals surface area contributed by atoms with Crippen LogP contribution in [0.5, 0.6) is 0 Å². The Bertz CT molecular complexity index is 823. The number of amides is 1. The number of hydrogen-bond donors (Lipinski definition) is 1. The number of ether oxygens (including phenoxy) is 1. The van der Waals surface area contributed by atoms with Gasteiger partial charge in [0, 0.05) is 19.3 Å². The molecule has 2 aromatic rings. The van der Waals surface area contributed by atoms with Crippen molar-refractivity contribution in [1.82, 2.24) is 24.6 Å². The van der Waals surface area contributed by atoms with E-state index in [0.717, 1.165) is 18.5 Å². The van der Waals surface area contributed by atoms with Crippen LogP contribution >= 0.6 is 0 Å². The highest BCUT2D eigenvalue weighted by molar-refractivity contribution is 5.94. The van der Waals surface area contributed by atoms with Gasteiger partial charge >= 0.3 is 0 Å². The Balaban J connectivity index is 1.64. The van der Waals surface area contributed by atoms with E-state index in [0.29, 0.717) is 31.5 Å². The van der Waals surface area contributed by atoms with Gasteiger partial charge in [-0.1, -0.05) is 0 Å². The molecule has 2 aliphatic rings. The van der Waals surface area contributed by atoms with E-state index in [2.05, 4.69) is 15.1 Å². The monoisotopic (exact) mass is 329 g/mol. The van der Waals surface area contributed by atoms with Gasteiger partial charge in [-0.25, -0.2) is 4.98 Å². The van der Waals surface area contributed by atoms with Crippen molar-refractivity contribution < 1.29 is 9.53 Å². The summed E-state index contributed by atoms with van der Waals surface area (Å²) in [6, 6.07) is 3.14. The second kappa shape index (κ2) is 5.86. The zero-order valence-electron chi connectivity index (χ0n) is 13.4. The summed E-state index contributed by atoms with van der Waals surface area (Å²) in [5.74, 6) is 0.792. The summed E-state index contributed by atoms with van der Waals surface area (Å²) in [6.07, 6.45) is 3.64. The van der Waals surface area contributed by atoms with Crippen molar-refractivity contribution in [3.8, 4) is 0 Å². The molecule has 1 unspecified atom stereocenters. The highest BCUT2D eigenvalue weighted by Crippen LogP contribution is 2.38. The lowest BCUT2D eigenvalue weighted by atomic mass is 10.1. The van der Waals surface area contributed by atoms with Crippen molar-refractivity contribution in [3.05, 3.63) is 45.9 Å². The molecule has 0 spiro atoms. The van der Waals surface area contributed by atoms with Crippen molar-refractivity contribution in [2.45, 2.75) is 24.8 Å². The first-order valence-corrected chi connectivity index (χ1v) is 8.11. The number of hydrogen-bond acceptors (Lipinski definition) is 5. The van der Waals surface area contributed by atoms with Crippen LogP contribution in [0.1, 0.15) is 46.7 Å². The van der Waals surface area contributed by atoms with Crippen LogP contribution in [0.25, 0.3) is 0 Å². The number of aromatic nitrogens is 4. The third-order valence-corrected chi connectivity index (χ3v) is 4.61. The van der Waals surface area contributed by atoms with Gasteiger partial charge in [0.2, 0.25) is 0 Å². The van der Waals surface area contributed by atoms with Gasteiger partial charge < -0.3 is 14.6 Å². The second-order valence-corrected chi connectivity index (χ2v) is 6.26. The molecule has 1 aliphatic heterocycles. The van der Waals surface area contributed by atoms with Gasteiger partial charge in [0.05, 0.1) is 13.2 Å². The van der Waals surface area contributed by atoms with E-state index in [1.54, 1.807) is 22.7 Å². The maximum absolute atomic E-state index is 12.9. The number of nitrogens with one attached hydrogen (secondary N) is 1. The average Bonchev–Trinajstić information content (AvgIpc) is 3.36. The smallest absolute Gasteiger partial charge is 0.261 e. The van der Waals surface area contributed by atoms with Crippen LogP contribution in [0.3, 0.4) is 0 Å². The van der Waals surface area contributed by atoms with E-state index >= 15 is 0 Å². The van der Waals surface area contributed by atoms with Crippen LogP contribution in [-0.4, -0.2) is 50.3 Å². The highest BCUT2D eigenvalue weighted by Gasteiger charge is 2.33. The molecule has 3 heterocycles. The van der Waals surface area contributed by atoms with Crippen molar-refractivity contribution in [3.63, 3.8) is 0 Å². The standard InChI is InChI=1S/C16H19N5O3/c1-20-14(17-9-18-20)13-8-24-7-6-21(13)16(23)11-4-5-12(10-2-3-10)19-15(11)22/h4-5,9-10,13H,2-3,6-8H2,1H3,(H,19,22). The molecule has 8 heteroatoms. The molecule has 2 aromatic heterocycles. The number of pyridine rings is 1. The fourth-order valence-electron chi connectivity index (χ4n) is 3.11. The lowest BCUT2D eigenvalue weighted by molar-refractivity contribution is -0.00628. The number of H-pyrrole nitrogens is 1. The minimum Gasteiger partial charge on any atom is -0.377 e. The van der Waals surface area contributed by atoms with Crippen LogP contribution in [0.2, 0.25) is 0 Å².